The first-order valence-electron chi connectivity index (χ1n) is 12.3. The summed E-state index contributed by atoms with van der Waals surface area (Å²) in [6, 6.07) is 16.4. The van der Waals surface area contributed by atoms with Crippen molar-refractivity contribution < 1.29 is 24.2 Å². The molecule has 0 radical (unpaired) electrons. The van der Waals surface area contributed by atoms with Gasteiger partial charge in [0.2, 0.25) is 5.91 Å². The largest absolute Gasteiger partial charge is 0.481 e. The van der Waals surface area contributed by atoms with Gasteiger partial charge >= 0.3 is 12.1 Å². The van der Waals surface area contributed by atoms with Gasteiger partial charge in [-0.3, -0.25) is 9.59 Å². The molecule has 1 unspecified atom stereocenters. The van der Waals surface area contributed by atoms with Crippen molar-refractivity contribution >= 4 is 18.0 Å². The standard InChI is InChI=1S/C28H34N2O5/c1-28(2,26(32)33)13-14-29-25(31)15-19(18-11-12-18)16-30-27(34)35-17-24-22-9-5-3-7-20(22)21-8-4-6-10-23(21)24/h3-10,18-19,24H,11-17H2,1-2H3,(H,29,31)(H,30,34)(H,32,33). The topological polar surface area (TPSA) is 105 Å². The number of carbonyl (C=O) groups is 3. The van der Waals surface area contributed by atoms with Crippen molar-refractivity contribution in [3.63, 3.8) is 0 Å². The monoisotopic (exact) mass is 478 g/mol. The molecule has 7 nitrogen and oxygen atoms in total. The van der Waals surface area contributed by atoms with Crippen LogP contribution in [-0.2, 0) is 14.3 Å². The average molecular weight is 479 g/mol. The molecule has 1 fully saturated rings. The maximum atomic E-state index is 12.5. The van der Waals surface area contributed by atoms with Gasteiger partial charge in [0.15, 0.2) is 0 Å². The molecule has 7 heteroatoms. The van der Waals surface area contributed by atoms with Gasteiger partial charge in [0.05, 0.1) is 5.41 Å². The molecule has 1 saturated carbocycles. The van der Waals surface area contributed by atoms with Crippen LogP contribution in [0.3, 0.4) is 0 Å². The molecule has 186 valence electrons. The Morgan fingerprint density at radius 1 is 1.00 bits per heavy atom. The molecule has 2 aliphatic rings. The molecule has 1 atom stereocenters. The molecule has 0 bridgehead atoms. The fraction of sp³-hybridized carbons (Fsp3) is 0.464. The molecule has 0 spiro atoms. The lowest BCUT2D eigenvalue weighted by Crippen LogP contribution is -2.36. The quantitative estimate of drug-likeness (QED) is 0.439. The van der Waals surface area contributed by atoms with E-state index in [0.717, 1.165) is 12.8 Å². The first-order chi connectivity index (χ1) is 16.8. The number of benzene rings is 2. The minimum atomic E-state index is -0.880. The number of rotatable bonds is 11. The molecule has 0 heterocycles. The summed E-state index contributed by atoms with van der Waals surface area (Å²) in [4.78, 5) is 36.1. The lowest BCUT2D eigenvalue weighted by atomic mass is 9.89. The van der Waals surface area contributed by atoms with E-state index >= 15 is 0 Å². The molecular weight excluding hydrogens is 444 g/mol. The number of ether oxygens (including phenoxy) is 1. The van der Waals surface area contributed by atoms with Gasteiger partial charge in [0.25, 0.3) is 0 Å². The third-order valence-electron chi connectivity index (χ3n) is 7.24. The molecule has 4 rings (SSSR count). The van der Waals surface area contributed by atoms with E-state index in [9.17, 15) is 19.5 Å². The van der Waals surface area contributed by atoms with Gasteiger partial charge in [-0.05, 0) is 67.2 Å². The van der Waals surface area contributed by atoms with Crippen LogP contribution in [0, 0.1) is 17.3 Å². The smallest absolute Gasteiger partial charge is 0.407 e. The van der Waals surface area contributed by atoms with Gasteiger partial charge in [-0.15, -0.1) is 0 Å². The first kappa shape index (κ1) is 24.8. The predicted octanol–water partition coefficient (Wildman–Crippen LogP) is 4.56. The highest BCUT2D eigenvalue weighted by atomic mass is 16.5. The molecule has 2 aromatic carbocycles. The second-order valence-electron chi connectivity index (χ2n) is 10.3. The number of alkyl carbamates (subject to hydrolysis) is 1. The third-order valence-corrected chi connectivity index (χ3v) is 7.24. The van der Waals surface area contributed by atoms with Gasteiger partial charge in [-0.1, -0.05) is 48.5 Å². The van der Waals surface area contributed by atoms with Gasteiger partial charge in [0.1, 0.15) is 6.61 Å². The predicted molar refractivity (Wildman–Crippen MR) is 133 cm³/mol. The molecule has 0 aliphatic heterocycles. The Labute approximate surface area is 206 Å². The molecule has 2 amide bonds. The summed E-state index contributed by atoms with van der Waals surface area (Å²) in [7, 11) is 0. The summed E-state index contributed by atoms with van der Waals surface area (Å²) in [5.41, 5.74) is 3.82. The fourth-order valence-corrected chi connectivity index (χ4v) is 4.77. The van der Waals surface area contributed by atoms with Crippen LogP contribution in [0.5, 0.6) is 0 Å². The Morgan fingerprint density at radius 2 is 1.60 bits per heavy atom. The van der Waals surface area contributed by atoms with E-state index in [1.807, 2.05) is 24.3 Å². The van der Waals surface area contributed by atoms with Crippen LogP contribution in [0.4, 0.5) is 4.79 Å². The second-order valence-corrected chi connectivity index (χ2v) is 10.3. The lowest BCUT2D eigenvalue weighted by Gasteiger charge is -2.20. The van der Waals surface area contributed by atoms with Gasteiger partial charge in [0, 0.05) is 25.4 Å². The van der Waals surface area contributed by atoms with Gasteiger partial charge in [-0.25, -0.2) is 4.79 Å². The molecular formula is C28H34N2O5. The normalized spacial score (nSPS) is 15.6. The van der Waals surface area contributed by atoms with Crippen molar-refractivity contribution in [2.24, 2.45) is 17.3 Å². The summed E-state index contributed by atoms with van der Waals surface area (Å²) in [5, 5.41) is 14.9. The highest BCUT2D eigenvalue weighted by molar-refractivity contribution is 5.79. The number of carboxylic acid groups (broad SMARTS) is 1. The molecule has 35 heavy (non-hydrogen) atoms. The number of amides is 2. The van der Waals surface area contributed by atoms with Crippen molar-refractivity contribution in [2.75, 3.05) is 19.7 Å². The number of hydrogen-bond donors (Lipinski definition) is 3. The van der Waals surface area contributed by atoms with Crippen molar-refractivity contribution in [3.8, 4) is 11.1 Å². The van der Waals surface area contributed by atoms with E-state index in [2.05, 4.69) is 34.9 Å². The number of carboxylic acids is 1. The van der Waals surface area contributed by atoms with Crippen molar-refractivity contribution in [3.05, 3.63) is 59.7 Å². The molecule has 0 aromatic heterocycles. The van der Waals surface area contributed by atoms with Crippen LogP contribution in [0.1, 0.15) is 56.6 Å². The van der Waals surface area contributed by atoms with Crippen LogP contribution in [-0.4, -0.2) is 42.8 Å². The minimum absolute atomic E-state index is 0.00760. The Kier molecular flexibility index (Phi) is 7.43. The minimum Gasteiger partial charge on any atom is -0.481 e. The van der Waals surface area contributed by atoms with Crippen LogP contribution >= 0.6 is 0 Å². The highest BCUT2D eigenvalue weighted by Gasteiger charge is 2.34. The molecule has 3 N–H and O–H groups in total. The number of hydrogen-bond acceptors (Lipinski definition) is 4. The van der Waals surface area contributed by atoms with E-state index in [4.69, 9.17) is 4.74 Å². The highest BCUT2D eigenvalue weighted by Crippen LogP contribution is 2.44. The Morgan fingerprint density at radius 3 is 2.17 bits per heavy atom. The fourth-order valence-electron chi connectivity index (χ4n) is 4.77. The summed E-state index contributed by atoms with van der Waals surface area (Å²) in [6.45, 7) is 4.25. The maximum absolute atomic E-state index is 12.5. The van der Waals surface area contributed by atoms with E-state index < -0.39 is 17.5 Å². The average Bonchev–Trinajstić information content (AvgIpc) is 3.63. The third kappa shape index (κ3) is 6.02. The summed E-state index contributed by atoms with van der Waals surface area (Å²) >= 11 is 0. The molecule has 2 aliphatic carbocycles. The van der Waals surface area contributed by atoms with E-state index in [0.29, 0.717) is 31.8 Å². The second kappa shape index (κ2) is 10.5. The van der Waals surface area contributed by atoms with Gasteiger partial charge < -0.3 is 20.5 Å². The van der Waals surface area contributed by atoms with Gasteiger partial charge in [-0.2, -0.15) is 0 Å². The zero-order chi connectivity index (χ0) is 25.0. The number of aliphatic carboxylic acids is 1. The zero-order valence-electron chi connectivity index (χ0n) is 20.4. The van der Waals surface area contributed by atoms with Crippen LogP contribution in [0.15, 0.2) is 48.5 Å². The van der Waals surface area contributed by atoms with Crippen molar-refractivity contribution in [2.45, 2.75) is 45.4 Å². The SMILES string of the molecule is CC(C)(CCNC(=O)CC(CNC(=O)OCC1c2ccccc2-c2ccccc21)C1CC1)C(=O)O. The summed E-state index contributed by atoms with van der Waals surface area (Å²) in [6.07, 6.45) is 2.30. The Hall–Kier alpha value is -3.35. The Balaban J connectivity index is 1.25. The van der Waals surface area contributed by atoms with E-state index in [1.54, 1.807) is 13.8 Å². The van der Waals surface area contributed by atoms with E-state index in [-0.39, 0.29) is 24.3 Å². The first-order valence-corrected chi connectivity index (χ1v) is 12.3. The Bertz CT molecular complexity index is 1050. The zero-order valence-corrected chi connectivity index (χ0v) is 20.4. The van der Waals surface area contributed by atoms with Crippen LogP contribution in [0.2, 0.25) is 0 Å². The van der Waals surface area contributed by atoms with Crippen LogP contribution < -0.4 is 10.6 Å². The lowest BCUT2D eigenvalue weighted by molar-refractivity contribution is -0.147. The molecule has 2 aromatic rings. The van der Waals surface area contributed by atoms with Crippen molar-refractivity contribution in [1.82, 2.24) is 10.6 Å². The number of nitrogens with one attached hydrogen (secondary N) is 2. The number of carbonyl (C=O) groups excluding carboxylic acids is 2. The maximum Gasteiger partial charge on any atom is 0.407 e. The number of fused-ring (bicyclic) bond motifs is 3. The summed E-state index contributed by atoms with van der Waals surface area (Å²) < 4.78 is 5.61. The molecule has 0 saturated heterocycles. The van der Waals surface area contributed by atoms with Crippen molar-refractivity contribution in [1.29, 1.82) is 0 Å². The summed E-state index contributed by atoms with van der Waals surface area (Å²) in [5.74, 6) is -0.520. The van der Waals surface area contributed by atoms with E-state index in [1.165, 1.54) is 22.3 Å². The van der Waals surface area contributed by atoms with Crippen LogP contribution in [0.25, 0.3) is 11.1 Å².